The maximum absolute atomic E-state index is 12.0. The molecule has 114 valence electrons. The van der Waals surface area contributed by atoms with Crippen LogP contribution in [0.2, 0.25) is 0 Å². The third kappa shape index (κ3) is 11.0. The standard InChI is InChI=1S/C17H35NO/c1-4-7-9-10-11-12-14-16-18(6-3)17(19)15-13-8-5-2/h4-16H2,1-3H3. The van der Waals surface area contributed by atoms with E-state index in [1.165, 1.54) is 57.8 Å². The molecule has 1 amide bonds. The zero-order valence-corrected chi connectivity index (χ0v) is 13.5. The molecule has 0 N–H and O–H groups in total. The summed E-state index contributed by atoms with van der Waals surface area (Å²) in [6.45, 7) is 8.37. The number of nitrogens with zero attached hydrogens (tertiary/aromatic N) is 1. The Balaban J connectivity index is 3.55. The molecule has 2 nitrogen and oxygen atoms in total. The van der Waals surface area contributed by atoms with Gasteiger partial charge >= 0.3 is 0 Å². The highest BCUT2D eigenvalue weighted by Crippen LogP contribution is 2.09. The Morgan fingerprint density at radius 2 is 1.26 bits per heavy atom. The Labute approximate surface area is 120 Å². The van der Waals surface area contributed by atoms with Crippen LogP contribution in [0.4, 0.5) is 0 Å². The fraction of sp³-hybridized carbons (Fsp3) is 0.941. The lowest BCUT2D eigenvalue weighted by atomic mass is 10.1. The van der Waals surface area contributed by atoms with Gasteiger partial charge < -0.3 is 4.90 Å². The number of carbonyl (C=O) groups excluding carboxylic acids is 1. The second-order valence-corrected chi connectivity index (χ2v) is 5.55. The van der Waals surface area contributed by atoms with Gasteiger partial charge in [0.05, 0.1) is 0 Å². The van der Waals surface area contributed by atoms with Crippen LogP contribution in [-0.4, -0.2) is 23.9 Å². The first-order valence-electron chi connectivity index (χ1n) is 8.54. The summed E-state index contributed by atoms with van der Waals surface area (Å²) in [6.07, 6.45) is 13.4. The zero-order chi connectivity index (χ0) is 14.3. The normalized spacial score (nSPS) is 10.7. The first-order valence-corrected chi connectivity index (χ1v) is 8.54. The van der Waals surface area contributed by atoms with E-state index in [0.717, 1.165) is 25.9 Å². The Morgan fingerprint density at radius 3 is 1.84 bits per heavy atom. The molecule has 0 aliphatic carbocycles. The van der Waals surface area contributed by atoms with Crippen LogP contribution in [-0.2, 0) is 4.79 Å². The summed E-state index contributed by atoms with van der Waals surface area (Å²) < 4.78 is 0. The fourth-order valence-corrected chi connectivity index (χ4v) is 2.40. The fourth-order valence-electron chi connectivity index (χ4n) is 2.40. The average molecular weight is 269 g/mol. The first-order chi connectivity index (χ1) is 9.26. The molecule has 0 radical (unpaired) electrons. The van der Waals surface area contributed by atoms with Gasteiger partial charge in [-0.3, -0.25) is 4.79 Å². The van der Waals surface area contributed by atoms with Gasteiger partial charge in [0.2, 0.25) is 5.91 Å². The van der Waals surface area contributed by atoms with E-state index in [2.05, 4.69) is 20.8 Å². The molecule has 0 rings (SSSR count). The molecule has 0 aromatic heterocycles. The Morgan fingerprint density at radius 1 is 0.737 bits per heavy atom. The van der Waals surface area contributed by atoms with Gasteiger partial charge in [-0.25, -0.2) is 0 Å². The van der Waals surface area contributed by atoms with Gasteiger partial charge in [-0.2, -0.15) is 0 Å². The molecule has 0 heterocycles. The third-order valence-electron chi connectivity index (χ3n) is 3.76. The SMILES string of the molecule is CCCCCCCCCN(CC)C(=O)CCCCC. The van der Waals surface area contributed by atoms with Crippen molar-refractivity contribution in [3.05, 3.63) is 0 Å². The van der Waals surface area contributed by atoms with Crippen molar-refractivity contribution in [3.63, 3.8) is 0 Å². The molecule has 0 unspecified atom stereocenters. The van der Waals surface area contributed by atoms with E-state index < -0.39 is 0 Å². The van der Waals surface area contributed by atoms with Gasteiger partial charge in [0.25, 0.3) is 0 Å². The quantitative estimate of drug-likeness (QED) is 0.423. The van der Waals surface area contributed by atoms with Gasteiger partial charge in [-0.15, -0.1) is 0 Å². The minimum absolute atomic E-state index is 0.363. The molecule has 19 heavy (non-hydrogen) atoms. The highest BCUT2D eigenvalue weighted by molar-refractivity contribution is 5.76. The second-order valence-electron chi connectivity index (χ2n) is 5.55. The van der Waals surface area contributed by atoms with Crippen LogP contribution in [0.1, 0.15) is 91.4 Å². The monoisotopic (exact) mass is 269 g/mol. The van der Waals surface area contributed by atoms with E-state index in [4.69, 9.17) is 0 Å². The van der Waals surface area contributed by atoms with E-state index in [1.54, 1.807) is 0 Å². The molecule has 0 aliphatic rings. The largest absolute Gasteiger partial charge is 0.343 e. The van der Waals surface area contributed by atoms with Crippen molar-refractivity contribution in [1.29, 1.82) is 0 Å². The van der Waals surface area contributed by atoms with E-state index in [9.17, 15) is 4.79 Å². The molecule has 0 spiro atoms. The smallest absolute Gasteiger partial charge is 0.222 e. The van der Waals surface area contributed by atoms with Crippen molar-refractivity contribution in [1.82, 2.24) is 4.90 Å². The van der Waals surface area contributed by atoms with Crippen LogP contribution in [0.15, 0.2) is 0 Å². The van der Waals surface area contributed by atoms with Crippen LogP contribution in [0, 0.1) is 0 Å². The minimum atomic E-state index is 0.363. The number of unbranched alkanes of at least 4 members (excludes halogenated alkanes) is 8. The molecular formula is C17H35NO. The van der Waals surface area contributed by atoms with Crippen molar-refractivity contribution >= 4 is 5.91 Å². The number of hydrogen-bond acceptors (Lipinski definition) is 1. The topological polar surface area (TPSA) is 20.3 Å². The van der Waals surface area contributed by atoms with Crippen LogP contribution in [0.25, 0.3) is 0 Å². The third-order valence-corrected chi connectivity index (χ3v) is 3.76. The number of amides is 1. The molecule has 0 aliphatic heterocycles. The van der Waals surface area contributed by atoms with Crippen LogP contribution in [0.3, 0.4) is 0 Å². The predicted octanol–water partition coefficient (Wildman–Crippen LogP) is 5.17. The van der Waals surface area contributed by atoms with Gasteiger partial charge in [0, 0.05) is 19.5 Å². The molecular weight excluding hydrogens is 234 g/mol. The lowest BCUT2D eigenvalue weighted by molar-refractivity contribution is -0.131. The molecule has 0 aromatic carbocycles. The molecule has 0 aromatic rings. The molecule has 0 fully saturated rings. The summed E-state index contributed by atoms with van der Waals surface area (Å²) in [7, 11) is 0. The Bertz CT molecular complexity index is 203. The lowest BCUT2D eigenvalue weighted by Crippen LogP contribution is -2.31. The van der Waals surface area contributed by atoms with Gasteiger partial charge in [0.1, 0.15) is 0 Å². The molecule has 0 saturated heterocycles. The van der Waals surface area contributed by atoms with E-state index in [0.29, 0.717) is 5.91 Å². The number of carbonyl (C=O) groups is 1. The van der Waals surface area contributed by atoms with Gasteiger partial charge in [-0.05, 0) is 19.8 Å². The summed E-state index contributed by atoms with van der Waals surface area (Å²) in [5.74, 6) is 0.363. The maximum atomic E-state index is 12.0. The van der Waals surface area contributed by atoms with Gasteiger partial charge in [0.15, 0.2) is 0 Å². The van der Waals surface area contributed by atoms with Crippen molar-refractivity contribution in [2.24, 2.45) is 0 Å². The summed E-state index contributed by atoms with van der Waals surface area (Å²) in [5.41, 5.74) is 0. The van der Waals surface area contributed by atoms with Gasteiger partial charge in [-0.1, -0.05) is 65.2 Å². The Hall–Kier alpha value is -0.530. The van der Waals surface area contributed by atoms with E-state index in [-0.39, 0.29) is 0 Å². The second kappa shape index (κ2) is 13.9. The van der Waals surface area contributed by atoms with E-state index >= 15 is 0 Å². The number of rotatable bonds is 13. The van der Waals surface area contributed by atoms with Crippen molar-refractivity contribution < 1.29 is 4.79 Å². The zero-order valence-electron chi connectivity index (χ0n) is 13.5. The molecule has 0 bridgehead atoms. The minimum Gasteiger partial charge on any atom is -0.343 e. The summed E-state index contributed by atoms with van der Waals surface area (Å²) in [6, 6.07) is 0. The predicted molar refractivity (Wildman–Crippen MR) is 84.4 cm³/mol. The van der Waals surface area contributed by atoms with Crippen molar-refractivity contribution in [2.45, 2.75) is 91.4 Å². The molecule has 0 saturated carbocycles. The average Bonchev–Trinajstić information content (AvgIpc) is 2.42. The summed E-state index contributed by atoms with van der Waals surface area (Å²) in [5, 5.41) is 0. The molecule has 0 atom stereocenters. The highest BCUT2D eigenvalue weighted by atomic mass is 16.2. The summed E-state index contributed by atoms with van der Waals surface area (Å²) in [4.78, 5) is 14.0. The van der Waals surface area contributed by atoms with Crippen LogP contribution in [0.5, 0.6) is 0 Å². The Kier molecular flexibility index (Phi) is 13.5. The highest BCUT2D eigenvalue weighted by Gasteiger charge is 2.10. The lowest BCUT2D eigenvalue weighted by Gasteiger charge is -2.20. The van der Waals surface area contributed by atoms with Crippen molar-refractivity contribution in [2.75, 3.05) is 13.1 Å². The maximum Gasteiger partial charge on any atom is 0.222 e. The van der Waals surface area contributed by atoms with Crippen LogP contribution < -0.4 is 0 Å². The summed E-state index contributed by atoms with van der Waals surface area (Å²) >= 11 is 0. The molecule has 2 heteroatoms. The van der Waals surface area contributed by atoms with Crippen LogP contribution >= 0.6 is 0 Å². The van der Waals surface area contributed by atoms with Crippen molar-refractivity contribution in [3.8, 4) is 0 Å². The first kappa shape index (κ1) is 18.5. The number of hydrogen-bond donors (Lipinski definition) is 0. The van der Waals surface area contributed by atoms with E-state index in [1.807, 2.05) is 4.90 Å².